The minimum absolute atomic E-state index is 0.0347. The van der Waals surface area contributed by atoms with Crippen molar-refractivity contribution in [1.82, 2.24) is 4.90 Å². The van der Waals surface area contributed by atoms with Gasteiger partial charge in [-0.2, -0.15) is 0 Å². The lowest BCUT2D eigenvalue weighted by molar-refractivity contribution is -0.0201. The summed E-state index contributed by atoms with van der Waals surface area (Å²) in [4.78, 5) is 2.03. The molecule has 128 valence electrons. The Balaban J connectivity index is 3.08. The van der Waals surface area contributed by atoms with Crippen molar-refractivity contribution in [2.45, 2.75) is 12.5 Å². The van der Waals surface area contributed by atoms with E-state index < -0.39 is 6.10 Å². The lowest BCUT2D eigenvalue weighted by atomic mass is 10.2. The van der Waals surface area contributed by atoms with Crippen LogP contribution in [0.4, 0.5) is 0 Å². The van der Waals surface area contributed by atoms with Gasteiger partial charge in [-0.05, 0) is 20.5 Å². The maximum Gasteiger partial charge on any atom is 0.0785 e. The third-order valence-electron chi connectivity index (χ3n) is 2.57. The molecule has 1 atom stereocenters. The molecule has 0 amide bonds. The summed E-state index contributed by atoms with van der Waals surface area (Å²) in [6.07, 6.45) is 0.287. The highest BCUT2D eigenvalue weighted by Crippen LogP contribution is 1.94. The van der Waals surface area contributed by atoms with Crippen molar-refractivity contribution in [2.24, 2.45) is 0 Å². The number of hydrogen-bond acceptors (Lipinski definition) is 7. The smallest absolute Gasteiger partial charge is 0.0785 e. The fourth-order valence-electron chi connectivity index (χ4n) is 1.43. The van der Waals surface area contributed by atoms with Crippen LogP contribution in [0.1, 0.15) is 6.42 Å². The molecular formula is C14H31NO6. The molecule has 0 saturated carbocycles. The van der Waals surface area contributed by atoms with E-state index in [2.05, 4.69) is 0 Å². The van der Waals surface area contributed by atoms with Crippen molar-refractivity contribution < 1.29 is 29.2 Å². The van der Waals surface area contributed by atoms with E-state index in [0.717, 1.165) is 6.54 Å². The Bertz CT molecular complexity index is 206. The predicted molar refractivity (Wildman–Crippen MR) is 79.5 cm³/mol. The first kappa shape index (κ1) is 20.7. The molecule has 0 aromatic carbocycles. The minimum atomic E-state index is -0.422. The van der Waals surface area contributed by atoms with Crippen molar-refractivity contribution >= 4 is 0 Å². The fraction of sp³-hybridized carbons (Fsp3) is 1.00. The van der Waals surface area contributed by atoms with Crippen LogP contribution < -0.4 is 0 Å². The van der Waals surface area contributed by atoms with Crippen LogP contribution in [0.25, 0.3) is 0 Å². The van der Waals surface area contributed by atoms with Crippen molar-refractivity contribution in [2.75, 3.05) is 80.1 Å². The number of rotatable bonds is 16. The van der Waals surface area contributed by atoms with Gasteiger partial charge in [0.1, 0.15) is 0 Å². The van der Waals surface area contributed by atoms with Crippen LogP contribution in [0.3, 0.4) is 0 Å². The third kappa shape index (κ3) is 17.7. The molecule has 0 spiro atoms. The summed E-state index contributed by atoms with van der Waals surface area (Å²) in [5, 5.41) is 18.1. The second kappa shape index (κ2) is 16.1. The molecule has 0 aliphatic heterocycles. The highest BCUT2D eigenvalue weighted by molar-refractivity contribution is 4.56. The molecule has 0 saturated heterocycles. The number of hydrogen-bond donors (Lipinski definition) is 2. The first-order chi connectivity index (χ1) is 10.2. The van der Waals surface area contributed by atoms with Gasteiger partial charge < -0.3 is 34.1 Å². The van der Waals surface area contributed by atoms with Crippen LogP contribution in [0.5, 0.6) is 0 Å². The van der Waals surface area contributed by atoms with Crippen molar-refractivity contribution in [3.8, 4) is 0 Å². The molecule has 0 fully saturated rings. The van der Waals surface area contributed by atoms with Crippen LogP contribution in [-0.2, 0) is 18.9 Å². The predicted octanol–water partition coefficient (Wildman–Crippen LogP) is -0.642. The molecule has 0 heterocycles. The lowest BCUT2D eigenvalue weighted by Crippen LogP contribution is -2.23. The second-order valence-electron chi connectivity index (χ2n) is 4.88. The minimum Gasteiger partial charge on any atom is -0.394 e. The Morgan fingerprint density at radius 1 is 0.810 bits per heavy atom. The van der Waals surface area contributed by atoms with E-state index in [1.165, 1.54) is 0 Å². The molecule has 0 aromatic heterocycles. The van der Waals surface area contributed by atoms with Crippen molar-refractivity contribution in [3.63, 3.8) is 0 Å². The molecule has 1 unspecified atom stereocenters. The van der Waals surface area contributed by atoms with Gasteiger partial charge in [0.05, 0.1) is 65.6 Å². The lowest BCUT2D eigenvalue weighted by Gasteiger charge is -2.14. The first-order valence-electron chi connectivity index (χ1n) is 7.41. The van der Waals surface area contributed by atoms with Gasteiger partial charge in [-0.25, -0.2) is 0 Å². The van der Waals surface area contributed by atoms with E-state index in [4.69, 9.17) is 24.1 Å². The summed E-state index contributed by atoms with van der Waals surface area (Å²) in [5.41, 5.74) is 0. The van der Waals surface area contributed by atoms with Gasteiger partial charge in [-0.3, -0.25) is 0 Å². The second-order valence-corrected chi connectivity index (χ2v) is 4.88. The van der Waals surface area contributed by atoms with Gasteiger partial charge in [0, 0.05) is 6.54 Å². The van der Waals surface area contributed by atoms with Crippen LogP contribution in [0, 0.1) is 0 Å². The van der Waals surface area contributed by atoms with Crippen LogP contribution >= 0.6 is 0 Å². The number of aliphatic hydroxyl groups is 2. The number of nitrogens with zero attached hydrogens (tertiary/aromatic N) is 1. The topological polar surface area (TPSA) is 80.6 Å². The molecule has 0 bridgehead atoms. The van der Waals surface area contributed by atoms with Gasteiger partial charge >= 0.3 is 0 Å². The molecule has 7 nitrogen and oxygen atoms in total. The van der Waals surface area contributed by atoms with Crippen LogP contribution in [0.15, 0.2) is 0 Å². The third-order valence-corrected chi connectivity index (χ3v) is 2.57. The maximum absolute atomic E-state index is 9.62. The van der Waals surface area contributed by atoms with E-state index in [1.807, 2.05) is 19.0 Å². The molecule has 0 aliphatic carbocycles. The quantitative estimate of drug-likeness (QED) is 0.367. The largest absolute Gasteiger partial charge is 0.394 e. The zero-order chi connectivity index (χ0) is 15.8. The zero-order valence-corrected chi connectivity index (χ0v) is 13.3. The summed E-state index contributed by atoms with van der Waals surface area (Å²) in [5.74, 6) is 0. The van der Waals surface area contributed by atoms with Crippen LogP contribution in [-0.4, -0.2) is 101 Å². The number of aliphatic hydroxyl groups excluding tert-OH is 2. The Labute approximate surface area is 127 Å². The molecule has 0 radical (unpaired) electrons. The van der Waals surface area contributed by atoms with Gasteiger partial charge in [-0.15, -0.1) is 0 Å². The van der Waals surface area contributed by atoms with E-state index in [1.54, 1.807) is 0 Å². The van der Waals surface area contributed by atoms with Gasteiger partial charge in [0.15, 0.2) is 0 Å². The highest BCUT2D eigenvalue weighted by Gasteiger charge is 2.04. The molecule has 21 heavy (non-hydrogen) atoms. The average Bonchev–Trinajstić information content (AvgIpc) is 2.46. The first-order valence-corrected chi connectivity index (χ1v) is 7.41. The monoisotopic (exact) mass is 309 g/mol. The molecule has 0 aromatic rings. The normalized spacial score (nSPS) is 13.0. The number of ether oxygens (including phenoxy) is 4. The highest BCUT2D eigenvalue weighted by atomic mass is 16.6. The summed E-state index contributed by atoms with van der Waals surface area (Å²) < 4.78 is 20.9. The summed E-state index contributed by atoms with van der Waals surface area (Å²) in [6.45, 7) is 4.52. The van der Waals surface area contributed by atoms with Crippen molar-refractivity contribution in [1.29, 1.82) is 0 Å². The molecule has 2 N–H and O–H groups in total. The molecule has 7 heteroatoms. The molecular weight excluding hydrogens is 278 g/mol. The van der Waals surface area contributed by atoms with E-state index >= 15 is 0 Å². The standard InChI is InChI=1S/C14H31NO6/c1-15(2)4-3-14(17)13-21-12-11-20-10-9-19-8-7-18-6-5-16/h14,16-17H,3-13H2,1-2H3. The summed E-state index contributed by atoms with van der Waals surface area (Å²) in [7, 11) is 3.95. The summed E-state index contributed by atoms with van der Waals surface area (Å²) >= 11 is 0. The van der Waals surface area contributed by atoms with Gasteiger partial charge in [-0.1, -0.05) is 0 Å². The summed E-state index contributed by atoms with van der Waals surface area (Å²) in [6, 6.07) is 0. The Morgan fingerprint density at radius 3 is 1.76 bits per heavy atom. The fourth-order valence-corrected chi connectivity index (χ4v) is 1.43. The van der Waals surface area contributed by atoms with E-state index in [-0.39, 0.29) is 6.61 Å². The van der Waals surface area contributed by atoms with Crippen LogP contribution in [0.2, 0.25) is 0 Å². The Hall–Kier alpha value is -0.280. The van der Waals surface area contributed by atoms with E-state index in [9.17, 15) is 5.11 Å². The Morgan fingerprint density at radius 2 is 1.29 bits per heavy atom. The molecule has 0 aliphatic rings. The maximum atomic E-state index is 9.62. The van der Waals surface area contributed by atoms with E-state index in [0.29, 0.717) is 59.3 Å². The van der Waals surface area contributed by atoms with Gasteiger partial charge in [0.25, 0.3) is 0 Å². The average molecular weight is 309 g/mol. The zero-order valence-electron chi connectivity index (χ0n) is 13.3. The van der Waals surface area contributed by atoms with Crippen molar-refractivity contribution in [3.05, 3.63) is 0 Å². The molecule has 0 rings (SSSR count). The van der Waals surface area contributed by atoms with Gasteiger partial charge in [0.2, 0.25) is 0 Å². The SMILES string of the molecule is CN(C)CCC(O)COCCOCCOCCOCCO. The Kier molecular flexibility index (Phi) is 15.9.